The van der Waals surface area contributed by atoms with Crippen LogP contribution in [-0.2, 0) is 0 Å². The molecule has 3 aromatic rings. The second kappa shape index (κ2) is 5.96. The van der Waals surface area contributed by atoms with Gasteiger partial charge in [-0.05, 0) is 22.8 Å². The highest BCUT2D eigenvalue weighted by Crippen LogP contribution is 2.47. The summed E-state index contributed by atoms with van der Waals surface area (Å²) in [6.07, 6.45) is 0. The van der Waals surface area contributed by atoms with Gasteiger partial charge < -0.3 is 20.4 Å². The summed E-state index contributed by atoms with van der Waals surface area (Å²) < 4.78 is 0. The molecule has 0 aliphatic carbocycles. The second-order valence-corrected chi connectivity index (χ2v) is 5.23. The number of aromatic hydroxyl groups is 3. The summed E-state index contributed by atoms with van der Waals surface area (Å²) in [6.45, 7) is 0. The Kier molecular flexibility index (Phi) is 3.83. The van der Waals surface area contributed by atoms with Crippen LogP contribution in [0.1, 0.15) is 10.4 Å². The smallest absolute Gasteiger partial charge is 0.336 e. The maximum Gasteiger partial charge on any atom is 0.336 e. The van der Waals surface area contributed by atoms with Crippen molar-refractivity contribution in [3.05, 3.63) is 66.2 Å². The lowest BCUT2D eigenvalue weighted by molar-refractivity contribution is 0.0697. The SMILES string of the molecule is O=C(O)c1cc(O)c(O)c(O)c1-c1ccccc1-c1ccccc1. The van der Waals surface area contributed by atoms with Crippen molar-refractivity contribution in [1.29, 1.82) is 0 Å². The van der Waals surface area contributed by atoms with Crippen LogP contribution in [0.3, 0.4) is 0 Å². The molecule has 0 saturated heterocycles. The minimum absolute atomic E-state index is 0.0442. The van der Waals surface area contributed by atoms with E-state index < -0.39 is 23.2 Å². The van der Waals surface area contributed by atoms with Crippen molar-refractivity contribution in [2.24, 2.45) is 0 Å². The standard InChI is InChI=1S/C19H14O5/c20-15-10-14(19(23)24)16(18(22)17(15)21)13-9-5-4-8-12(13)11-6-2-1-3-7-11/h1-10,20-22H,(H,23,24). The predicted octanol–water partition coefficient (Wildman–Crippen LogP) is 3.84. The maximum atomic E-state index is 11.6. The van der Waals surface area contributed by atoms with Crippen molar-refractivity contribution >= 4 is 5.97 Å². The van der Waals surface area contributed by atoms with Gasteiger partial charge in [-0.1, -0.05) is 54.6 Å². The zero-order valence-electron chi connectivity index (χ0n) is 12.5. The third-order valence-electron chi connectivity index (χ3n) is 3.77. The van der Waals surface area contributed by atoms with Crippen molar-refractivity contribution in [3.8, 4) is 39.5 Å². The van der Waals surface area contributed by atoms with Crippen molar-refractivity contribution in [1.82, 2.24) is 0 Å². The number of carbonyl (C=O) groups is 1. The van der Waals surface area contributed by atoms with Gasteiger partial charge in [0.05, 0.1) is 5.56 Å². The fraction of sp³-hybridized carbons (Fsp3) is 0. The zero-order chi connectivity index (χ0) is 17.3. The highest BCUT2D eigenvalue weighted by Gasteiger charge is 2.24. The minimum Gasteiger partial charge on any atom is -0.504 e. The number of hydrogen-bond donors (Lipinski definition) is 4. The van der Waals surface area contributed by atoms with Crippen LogP contribution in [0.4, 0.5) is 0 Å². The summed E-state index contributed by atoms with van der Waals surface area (Å²) >= 11 is 0. The Morgan fingerprint density at radius 3 is 1.96 bits per heavy atom. The van der Waals surface area contributed by atoms with Gasteiger partial charge in [0.25, 0.3) is 0 Å². The van der Waals surface area contributed by atoms with Crippen LogP contribution in [-0.4, -0.2) is 26.4 Å². The third-order valence-corrected chi connectivity index (χ3v) is 3.77. The van der Waals surface area contributed by atoms with E-state index in [4.69, 9.17) is 0 Å². The molecule has 0 bridgehead atoms. The molecule has 5 heteroatoms. The third kappa shape index (κ3) is 2.52. The van der Waals surface area contributed by atoms with E-state index in [0.29, 0.717) is 11.1 Å². The molecule has 0 heterocycles. The average molecular weight is 322 g/mol. The van der Waals surface area contributed by atoms with E-state index >= 15 is 0 Å². The normalized spacial score (nSPS) is 10.5. The number of rotatable bonds is 3. The quantitative estimate of drug-likeness (QED) is 0.549. The lowest BCUT2D eigenvalue weighted by Crippen LogP contribution is -2.01. The van der Waals surface area contributed by atoms with Gasteiger partial charge in [0, 0.05) is 5.56 Å². The number of aromatic carboxylic acids is 1. The van der Waals surface area contributed by atoms with Crippen molar-refractivity contribution < 1.29 is 25.2 Å². The first kappa shape index (κ1) is 15.4. The summed E-state index contributed by atoms with van der Waals surface area (Å²) in [6, 6.07) is 17.1. The Morgan fingerprint density at radius 2 is 1.33 bits per heavy atom. The van der Waals surface area contributed by atoms with Gasteiger partial charge in [-0.25, -0.2) is 4.79 Å². The monoisotopic (exact) mass is 322 g/mol. The fourth-order valence-electron chi connectivity index (χ4n) is 2.66. The van der Waals surface area contributed by atoms with E-state index in [-0.39, 0.29) is 11.1 Å². The largest absolute Gasteiger partial charge is 0.504 e. The van der Waals surface area contributed by atoms with E-state index in [1.165, 1.54) is 0 Å². The van der Waals surface area contributed by atoms with Crippen LogP contribution < -0.4 is 0 Å². The summed E-state index contributed by atoms with van der Waals surface area (Å²) in [5, 5.41) is 39.1. The molecule has 0 amide bonds. The van der Waals surface area contributed by atoms with Crippen molar-refractivity contribution in [2.75, 3.05) is 0 Å². The van der Waals surface area contributed by atoms with E-state index in [0.717, 1.165) is 11.6 Å². The molecule has 3 aromatic carbocycles. The van der Waals surface area contributed by atoms with E-state index in [9.17, 15) is 25.2 Å². The second-order valence-electron chi connectivity index (χ2n) is 5.23. The molecule has 120 valence electrons. The first-order valence-corrected chi connectivity index (χ1v) is 7.16. The topological polar surface area (TPSA) is 98.0 Å². The van der Waals surface area contributed by atoms with E-state index in [1.807, 2.05) is 30.3 Å². The van der Waals surface area contributed by atoms with E-state index in [1.54, 1.807) is 24.3 Å². The van der Waals surface area contributed by atoms with Gasteiger partial charge in [-0.3, -0.25) is 0 Å². The number of hydrogen-bond acceptors (Lipinski definition) is 4. The Labute approximate surface area is 137 Å². The van der Waals surface area contributed by atoms with Crippen molar-refractivity contribution in [3.63, 3.8) is 0 Å². The number of carboxylic acids is 1. The molecule has 0 fully saturated rings. The lowest BCUT2D eigenvalue weighted by atomic mass is 9.90. The summed E-state index contributed by atoms with van der Waals surface area (Å²) in [7, 11) is 0. The molecular formula is C19H14O5. The minimum atomic E-state index is -1.32. The number of phenols is 3. The van der Waals surface area contributed by atoms with Crippen LogP contribution in [0.25, 0.3) is 22.3 Å². The first-order chi connectivity index (χ1) is 11.5. The molecule has 0 aliphatic rings. The molecule has 0 saturated carbocycles. The Balaban J connectivity index is 2.36. The predicted molar refractivity (Wildman–Crippen MR) is 89.3 cm³/mol. The molecule has 0 atom stereocenters. The van der Waals surface area contributed by atoms with Gasteiger partial charge in [-0.2, -0.15) is 0 Å². The summed E-state index contributed by atoms with van der Waals surface area (Å²) in [5.74, 6) is -3.43. The molecular weight excluding hydrogens is 308 g/mol. The van der Waals surface area contributed by atoms with Gasteiger partial charge in [0.15, 0.2) is 11.5 Å². The number of phenolic OH excluding ortho intramolecular Hbond substituents is 3. The zero-order valence-corrected chi connectivity index (χ0v) is 12.5. The molecule has 0 unspecified atom stereocenters. The number of carboxylic acid groups (broad SMARTS) is 1. The van der Waals surface area contributed by atoms with Crippen LogP contribution in [0.5, 0.6) is 17.2 Å². The van der Waals surface area contributed by atoms with Gasteiger partial charge >= 0.3 is 5.97 Å². The molecule has 0 aliphatic heterocycles. The molecule has 0 radical (unpaired) electrons. The fourth-order valence-corrected chi connectivity index (χ4v) is 2.66. The van der Waals surface area contributed by atoms with Gasteiger partial charge in [-0.15, -0.1) is 0 Å². The van der Waals surface area contributed by atoms with Crippen LogP contribution in [0, 0.1) is 0 Å². The summed E-state index contributed by atoms with van der Waals surface area (Å²) in [4.78, 5) is 11.6. The highest BCUT2D eigenvalue weighted by molar-refractivity contribution is 6.02. The first-order valence-electron chi connectivity index (χ1n) is 7.16. The molecule has 5 nitrogen and oxygen atoms in total. The molecule has 0 spiro atoms. The molecule has 3 rings (SSSR count). The highest BCUT2D eigenvalue weighted by atomic mass is 16.4. The van der Waals surface area contributed by atoms with Crippen LogP contribution in [0.2, 0.25) is 0 Å². The Hall–Kier alpha value is -3.47. The van der Waals surface area contributed by atoms with E-state index in [2.05, 4.69) is 0 Å². The van der Waals surface area contributed by atoms with Crippen LogP contribution in [0.15, 0.2) is 60.7 Å². The molecule has 24 heavy (non-hydrogen) atoms. The van der Waals surface area contributed by atoms with Gasteiger partial charge in [0.1, 0.15) is 0 Å². The van der Waals surface area contributed by atoms with Gasteiger partial charge in [0.2, 0.25) is 5.75 Å². The maximum absolute atomic E-state index is 11.6. The number of benzene rings is 3. The van der Waals surface area contributed by atoms with Crippen LogP contribution >= 0.6 is 0 Å². The average Bonchev–Trinajstić information content (AvgIpc) is 2.60. The lowest BCUT2D eigenvalue weighted by Gasteiger charge is -2.15. The molecule has 4 N–H and O–H groups in total. The van der Waals surface area contributed by atoms with Crippen molar-refractivity contribution in [2.45, 2.75) is 0 Å². The Morgan fingerprint density at radius 1 is 0.750 bits per heavy atom. The Bertz CT molecular complexity index is 917. The molecule has 0 aromatic heterocycles. The summed E-state index contributed by atoms with van der Waals surface area (Å²) in [5.41, 5.74) is 1.62.